The van der Waals surface area contributed by atoms with Crippen molar-refractivity contribution < 1.29 is 5.11 Å². The minimum Gasteiger partial charge on any atom is -0.503 e. The maximum absolute atomic E-state index is 11.9. The largest absolute Gasteiger partial charge is 0.503 e. The Bertz CT molecular complexity index is 696. The Morgan fingerprint density at radius 2 is 1.83 bits per heavy atom. The van der Waals surface area contributed by atoms with Crippen LogP contribution in [0.4, 0.5) is 0 Å². The highest BCUT2D eigenvalue weighted by molar-refractivity contribution is 5.21. The molecule has 5 nitrogen and oxygen atoms in total. The Kier molecular flexibility index (Phi) is 6.58. The zero-order chi connectivity index (χ0) is 17.5. The number of hydrogen-bond donors (Lipinski definition) is 1. The van der Waals surface area contributed by atoms with E-state index in [1.54, 1.807) is 12.3 Å². The molecular formula is C19H27N3O2. The monoisotopic (exact) mass is 329 g/mol. The highest BCUT2D eigenvalue weighted by Gasteiger charge is 2.11. The molecule has 2 aromatic rings. The van der Waals surface area contributed by atoms with Crippen LogP contribution >= 0.6 is 0 Å². The van der Waals surface area contributed by atoms with Gasteiger partial charge in [0.25, 0.3) is 0 Å². The van der Waals surface area contributed by atoms with E-state index >= 15 is 0 Å². The van der Waals surface area contributed by atoms with Crippen LogP contribution in [0.3, 0.4) is 0 Å². The van der Waals surface area contributed by atoms with Gasteiger partial charge >= 0.3 is 0 Å². The molecule has 0 aliphatic rings. The highest BCUT2D eigenvalue weighted by Crippen LogP contribution is 2.11. The fourth-order valence-electron chi connectivity index (χ4n) is 2.60. The highest BCUT2D eigenvalue weighted by atomic mass is 16.3. The number of aromatic nitrogens is 1. The van der Waals surface area contributed by atoms with Crippen molar-refractivity contribution in [2.24, 2.45) is 0 Å². The fourth-order valence-corrected chi connectivity index (χ4v) is 2.60. The third kappa shape index (κ3) is 5.22. The van der Waals surface area contributed by atoms with Gasteiger partial charge in [-0.3, -0.25) is 9.69 Å². The van der Waals surface area contributed by atoms with Gasteiger partial charge in [0.05, 0.1) is 6.20 Å². The zero-order valence-corrected chi connectivity index (χ0v) is 14.8. The summed E-state index contributed by atoms with van der Waals surface area (Å²) in [6.45, 7) is 6.09. The van der Waals surface area contributed by atoms with Crippen molar-refractivity contribution in [3.05, 3.63) is 64.1 Å². The summed E-state index contributed by atoms with van der Waals surface area (Å²) in [5, 5.41) is 9.76. The quantitative estimate of drug-likeness (QED) is 0.806. The Morgan fingerprint density at radius 1 is 1.12 bits per heavy atom. The SMILES string of the molecule is CCN(Cc1ccccc1)Cc1cc(=O)c(O)cn1CCN(C)C. The minimum absolute atomic E-state index is 0.191. The first kappa shape index (κ1) is 18.2. The number of likely N-dealkylation sites (N-methyl/N-ethyl adjacent to an activating group) is 1. The summed E-state index contributed by atoms with van der Waals surface area (Å²) in [5.74, 6) is -0.191. The van der Waals surface area contributed by atoms with E-state index in [-0.39, 0.29) is 11.2 Å². The normalized spacial score (nSPS) is 11.4. The number of hydrogen-bond acceptors (Lipinski definition) is 4. The second-order valence-corrected chi connectivity index (χ2v) is 6.30. The maximum atomic E-state index is 11.9. The van der Waals surface area contributed by atoms with E-state index in [0.29, 0.717) is 6.54 Å². The molecule has 0 spiro atoms. The number of rotatable bonds is 8. The van der Waals surface area contributed by atoms with Crippen molar-refractivity contribution in [1.82, 2.24) is 14.4 Å². The lowest BCUT2D eigenvalue weighted by Crippen LogP contribution is -2.27. The molecule has 0 unspecified atom stereocenters. The molecule has 1 aromatic carbocycles. The van der Waals surface area contributed by atoms with Crippen molar-refractivity contribution in [3.63, 3.8) is 0 Å². The van der Waals surface area contributed by atoms with Gasteiger partial charge in [-0.1, -0.05) is 37.3 Å². The molecule has 1 N–H and O–H groups in total. The van der Waals surface area contributed by atoms with E-state index in [1.165, 1.54) is 5.56 Å². The molecule has 1 aromatic heterocycles. The summed E-state index contributed by atoms with van der Waals surface area (Å²) in [4.78, 5) is 16.2. The van der Waals surface area contributed by atoms with Crippen LogP contribution in [-0.4, -0.2) is 46.7 Å². The Labute approximate surface area is 143 Å². The minimum atomic E-state index is -0.318. The lowest BCUT2D eigenvalue weighted by Gasteiger charge is -2.24. The second kappa shape index (κ2) is 8.66. The summed E-state index contributed by atoms with van der Waals surface area (Å²) in [7, 11) is 4.02. The summed E-state index contributed by atoms with van der Waals surface area (Å²) in [5.41, 5.74) is 1.86. The average molecular weight is 329 g/mol. The standard InChI is InChI=1S/C19H27N3O2/c1-4-21(13-16-8-6-5-7-9-16)14-17-12-18(23)19(24)15-22(17)11-10-20(2)3/h5-9,12,15,24H,4,10-11,13-14H2,1-3H3. The molecule has 0 saturated carbocycles. The third-order valence-corrected chi connectivity index (χ3v) is 4.07. The fraction of sp³-hybridized carbons (Fsp3) is 0.421. The molecule has 0 saturated heterocycles. The van der Waals surface area contributed by atoms with E-state index in [0.717, 1.165) is 31.9 Å². The van der Waals surface area contributed by atoms with Gasteiger partial charge in [-0.2, -0.15) is 0 Å². The van der Waals surface area contributed by atoms with Gasteiger partial charge in [0.1, 0.15) is 0 Å². The lowest BCUT2D eigenvalue weighted by molar-refractivity contribution is 0.260. The second-order valence-electron chi connectivity index (χ2n) is 6.30. The van der Waals surface area contributed by atoms with Crippen molar-refractivity contribution in [3.8, 4) is 5.75 Å². The molecule has 2 rings (SSSR count). The smallest absolute Gasteiger partial charge is 0.223 e. The van der Waals surface area contributed by atoms with Crippen molar-refractivity contribution in [2.75, 3.05) is 27.2 Å². The van der Waals surface area contributed by atoms with Crippen LogP contribution in [-0.2, 0) is 19.6 Å². The molecule has 24 heavy (non-hydrogen) atoms. The number of aromatic hydroxyl groups is 1. The molecule has 1 heterocycles. The predicted molar refractivity (Wildman–Crippen MR) is 97.2 cm³/mol. The molecule has 0 radical (unpaired) electrons. The lowest BCUT2D eigenvalue weighted by atomic mass is 10.2. The topological polar surface area (TPSA) is 48.7 Å². The maximum Gasteiger partial charge on any atom is 0.223 e. The Hall–Kier alpha value is -2.11. The van der Waals surface area contributed by atoms with Gasteiger partial charge in [0.2, 0.25) is 5.43 Å². The Morgan fingerprint density at radius 3 is 2.46 bits per heavy atom. The molecular weight excluding hydrogens is 302 g/mol. The van der Waals surface area contributed by atoms with E-state index in [2.05, 4.69) is 28.9 Å². The first-order valence-electron chi connectivity index (χ1n) is 8.33. The Balaban J connectivity index is 2.19. The summed E-state index contributed by atoms with van der Waals surface area (Å²) < 4.78 is 1.98. The molecule has 0 aliphatic carbocycles. The van der Waals surface area contributed by atoms with Crippen LogP contribution in [0.2, 0.25) is 0 Å². The van der Waals surface area contributed by atoms with Crippen molar-refractivity contribution >= 4 is 0 Å². The summed E-state index contributed by atoms with van der Waals surface area (Å²) in [6.07, 6.45) is 1.55. The van der Waals surface area contributed by atoms with Crippen molar-refractivity contribution in [1.29, 1.82) is 0 Å². The predicted octanol–water partition coefficient (Wildman–Crippen LogP) is 2.14. The molecule has 0 amide bonds. The molecule has 0 fully saturated rings. The molecule has 0 atom stereocenters. The summed E-state index contributed by atoms with van der Waals surface area (Å²) in [6, 6.07) is 11.9. The van der Waals surface area contributed by atoms with Crippen LogP contribution in [0.5, 0.6) is 5.75 Å². The van der Waals surface area contributed by atoms with Crippen LogP contribution in [0.25, 0.3) is 0 Å². The van der Waals surface area contributed by atoms with E-state index in [4.69, 9.17) is 0 Å². The molecule has 5 heteroatoms. The van der Waals surface area contributed by atoms with Crippen LogP contribution in [0.15, 0.2) is 47.4 Å². The van der Waals surface area contributed by atoms with Gasteiger partial charge in [-0.15, -0.1) is 0 Å². The number of benzene rings is 1. The molecule has 0 bridgehead atoms. The van der Waals surface area contributed by atoms with Crippen LogP contribution in [0, 0.1) is 0 Å². The van der Waals surface area contributed by atoms with Crippen LogP contribution in [0.1, 0.15) is 18.2 Å². The average Bonchev–Trinajstić information content (AvgIpc) is 2.56. The van der Waals surface area contributed by atoms with Crippen LogP contribution < -0.4 is 5.43 Å². The first-order chi connectivity index (χ1) is 11.5. The zero-order valence-electron chi connectivity index (χ0n) is 14.8. The third-order valence-electron chi connectivity index (χ3n) is 4.07. The van der Waals surface area contributed by atoms with Gasteiger partial charge in [-0.25, -0.2) is 0 Å². The van der Waals surface area contributed by atoms with Gasteiger partial charge in [0, 0.05) is 37.9 Å². The van der Waals surface area contributed by atoms with Gasteiger partial charge in [-0.05, 0) is 26.2 Å². The van der Waals surface area contributed by atoms with Gasteiger partial charge in [0.15, 0.2) is 5.75 Å². The summed E-state index contributed by atoms with van der Waals surface area (Å²) >= 11 is 0. The van der Waals surface area contributed by atoms with E-state index in [9.17, 15) is 9.90 Å². The number of pyridine rings is 1. The first-order valence-corrected chi connectivity index (χ1v) is 8.33. The number of nitrogens with zero attached hydrogens (tertiary/aromatic N) is 3. The van der Waals surface area contributed by atoms with Crippen molar-refractivity contribution in [2.45, 2.75) is 26.6 Å². The van der Waals surface area contributed by atoms with E-state index in [1.807, 2.05) is 36.9 Å². The molecule has 130 valence electrons. The molecule has 0 aliphatic heterocycles. The van der Waals surface area contributed by atoms with Gasteiger partial charge < -0.3 is 14.6 Å². The van der Waals surface area contributed by atoms with E-state index < -0.39 is 0 Å².